The molecule has 3 N–H and O–H groups in total. The van der Waals surface area contributed by atoms with Gasteiger partial charge in [0, 0.05) is 5.88 Å². The van der Waals surface area contributed by atoms with Crippen LogP contribution in [0.2, 0.25) is 0 Å². The van der Waals surface area contributed by atoms with Crippen molar-refractivity contribution in [2.24, 2.45) is 5.92 Å². The van der Waals surface area contributed by atoms with Crippen molar-refractivity contribution in [2.75, 3.05) is 12.5 Å². The number of alkyl halides is 1. The fourth-order valence-electron chi connectivity index (χ4n) is 5.24. The predicted molar refractivity (Wildman–Crippen MR) is 94.4 cm³/mol. The second-order valence-electron chi connectivity index (χ2n) is 7.65. The van der Waals surface area contributed by atoms with Gasteiger partial charge in [-0.05, 0) is 61.7 Å². The number of aliphatic hydroxyl groups excluding tert-OH is 2. The van der Waals surface area contributed by atoms with Crippen molar-refractivity contribution < 1.29 is 24.5 Å². The van der Waals surface area contributed by atoms with Crippen LogP contribution in [0.25, 0.3) is 0 Å². The summed E-state index contributed by atoms with van der Waals surface area (Å²) in [6.07, 6.45) is 6.76. The van der Waals surface area contributed by atoms with Gasteiger partial charge in [0.25, 0.3) is 0 Å². The molecular weight excluding hydrogens is 358 g/mol. The van der Waals surface area contributed by atoms with Crippen LogP contribution in [0.15, 0.2) is 22.8 Å². The number of fused-ring (bicyclic) bond motifs is 2. The number of aliphatic hydroxyl groups is 2. The molecule has 2 unspecified atom stereocenters. The zero-order valence-electron chi connectivity index (χ0n) is 14.6. The molecule has 1 saturated carbocycles. The van der Waals surface area contributed by atoms with Crippen molar-refractivity contribution in [3.63, 3.8) is 0 Å². The monoisotopic (exact) mass is 381 g/mol. The molecule has 4 aliphatic rings. The highest BCUT2D eigenvalue weighted by Crippen LogP contribution is 2.54. The molecule has 0 aromatic carbocycles. The third-order valence-corrected chi connectivity index (χ3v) is 6.76. The molecule has 7 heteroatoms. The second kappa shape index (κ2) is 6.36. The zero-order chi connectivity index (χ0) is 18.5. The molecule has 6 nitrogen and oxygen atoms in total. The maximum absolute atomic E-state index is 12.6. The van der Waals surface area contributed by atoms with Gasteiger partial charge < -0.3 is 20.3 Å². The van der Waals surface area contributed by atoms with E-state index in [1.54, 1.807) is 0 Å². The molecule has 0 spiro atoms. The number of nitrogens with one attached hydrogen (secondary N) is 1. The maximum Gasteiger partial charge on any atom is 0.340 e. The lowest BCUT2D eigenvalue weighted by molar-refractivity contribution is -0.246. The molecule has 4 rings (SSSR count). The Morgan fingerprint density at radius 2 is 2.08 bits per heavy atom. The smallest absolute Gasteiger partial charge is 0.340 e. The molecule has 4 atom stereocenters. The average Bonchev–Trinajstić information content (AvgIpc) is 2.86. The molecular formula is C19H24ClNO5. The molecule has 142 valence electrons. The summed E-state index contributed by atoms with van der Waals surface area (Å²) in [4.78, 5) is 25.1. The van der Waals surface area contributed by atoms with Gasteiger partial charge in [-0.25, -0.2) is 4.79 Å². The summed E-state index contributed by atoms with van der Waals surface area (Å²) in [6.45, 7) is -0.526. The molecule has 2 heterocycles. The number of rotatable bonds is 5. The summed E-state index contributed by atoms with van der Waals surface area (Å²) < 4.78 is 5.36. The normalized spacial score (nSPS) is 37.2. The van der Waals surface area contributed by atoms with E-state index in [-0.39, 0.29) is 12.3 Å². The van der Waals surface area contributed by atoms with Gasteiger partial charge in [-0.3, -0.25) is 4.79 Å². The van der Waals surface area contributed by atoms with Crippen molar-refractivity contribution in [2.45, 2.75) is 62.2 Å². The highest BCUT2D eigenvalue weighted by atomic mass is 35.5. The minimum absolute atomic E-state index is 0.199. The van der Waals surface area contributed by atoms with Crippen LogP contribution in [0.5, 0.6) is 0 Å². The van der Waals surface area contributed by atoms with Crippen LogP contribution in [-0.2, 0) is 14.3 Å². The third kappa shape index (κ3) is 2.12. The van der Waals surface area contributed by atoms with Crippen LogP contribution in [-0.4, -0.2) is 51.8 Å². The van der Waals surface area contributed by atoms with Crippen molar-refractivity contribution in [1.82, 2.24) is 5.32 Å². The Bertz CT molecular complexity index is 717. The lowest BCUT2D eigenvalue weighted by Gasteiger charge is -2.54. The Balaban J connectivity index is 1.78. The third-order valence-electron chi connectivity index (χ3n) is 6.54. The summed E-state index contributed by atoms with van der Waals surface area (Å²) in [6, 6.07) is 0. The average molecular weight is 382 g/mol. The quantitative estimate of drug-likeness (QED) is 0.493. The summed E-state index contributed by atoms with van der Waals surface area (Å²) in [7, 11) is 0. The van der Waals surface area contributed by atoms with E-state index in [0.717, 1.165) is 43.3 Å². The van der Waals surface area contributed by atoms with Crippen LogP contribution >= 0.6 is 11.6 Å². The van der Waals surface area contributed by atoms with Gasteiger partial charge in [0.1, 0.15) is 6.10 Å². The minimum atomic E-state index is -1.61. The first-order valence-corrected chi connectivity index (χ1v) is 9.87. The topological polar surface area (TPSA) is 95.9 Å². The van der Waals surface area contributed by atoms with E-state index in [2.05, 4.69) is 11.4 Å². The molecule has 2 saturated heterocycles. The van der Waals surface area contributed by atoms with E-state index in [1.807, 2.05) is 0 Å². The first-order valence-electron chi connectivity index (χ1n) is 9.33. The summed E-state index contributed by atoms with van der Waals surface area (Å²) in [5, 5.41) is 24.1. The lowest BCUT2D eigenvalue weighted by Crippen LogP contribution is -2.81. The fraction of sp³-hybridized carbons (Fsp3) is 0.684. The van der Waals surface area contributed by atoms with Crippen molar-refractivity contribution in [3.8, 4) is 0 Å². The summed E-state index contributed by atoms with van der Waals surface area (Å²) >= 11 is 5.82. The van der Waals surface area contributed by atoms with E-state index in [9.17, 15) is 19.8 Å². The minimum Gasteiger partial charge on any atom is -0.450 e. The van der Waals surface area contributed by atoms with Crippen LogP contribution in [0.4, 0.5) is 0 Å². The molecule has 2 aliphatic carbocycles. The standard InChI is InChI=1S/C19H24ClNO5/c20-9-8-14-16(24)21-19(17(25)26-18(14,19)10-22)15(23)13-7-3-5-11-4-1-2-6-12(11)13/h5,14-15,22-23H,1-4,6-10H2,(H,21,24)/t14-,15-,18?,19?/m0/s1. The van der Waals surface area contributed by atoms with Crippen LogP contribution in [0, 0.1) is 5.92 Å². The Hall–Kier alpha value is -1.37. The van der Waals surface area contributed by atoms with E-state index in [1.165, 1.54) is 5.57 Å². The second-order valence-corrected chi connectivity index (χ2v) is 8.02. The molecule has 2 aliphatic heterocycles. The number of ether oxygens (including phenoxy) is 1. The van der Waals surface area contributed by atoms with Crippen LogP contribution in [0.1, 0.15) is 44.9 Å². The Kier molecular flexibility index (Phi) is 4.40. The van der Waals surface area contributed by atoms with E-state index >= 15 is 0 Å². The largest absolute Gasteiger partial charge is 0.450 e. The van der Waals surface area contributed by atoms with Gasteiger partial charge in [0.05, 0.1) is 12.5 Å². The van der Waals surface area contributed by atoms with Crippen molar-refractivity contribution >= 4 is 23.5 Å². The maximum atomic E-state index is 12.6. The van der Waals surface area contributed by atoms with Gasteiger partial charge in [-0.15, -0.1) is 11.6 Å². The number of carbonyl (C=O) groups is 2. The number of hydrogen-bond donors (Lipinski definition) is 3. The van der Waals surface area contributed by atoms with Gasteiger partial charge in [-0.1, -0.05) is 6.08 Å². The Morgan fingerprint density at radius 1 is 1.31 bits per heavy atom. The van der Waals surface area contributed by atoms with Gasteiger partial charge in [0.2, 0.25) is 11.4 Å². The number of allylic oxidation sites excluding steroid dienone is 3. The first-order chi connectivity index (χ1) is 12.5. The van der Waals surface area contributed by atoms with Crippen LogP contribution in [0.3, 0.4) is 0 Å². The van der Waals surface area contributed by atoms with E-state index < -0.39 is 41.6 Å². The number of esters is 1. The Labute approximate surface area is 157 Å². The molecule has 26 heavy (non-hydrogen) atoms. The summed E-state index contributed by atoms with van der Waals surface area (Å²) in [5.74, 6) is -1.63. The van der Waals surface area contributed by atoms with Crippen LogP contribution < -0.4 is 5.32 Å². The highest BCUT2D eigenvalue weighted by molar-refractivity contribution is 6.18. The number of halogens is 1. The molecule has 0 aromatic heterocycles. The van der Waals surface area contributed by atoms with E-state index in [4.69, 9.17) is 16.3 Å². The zero-order valence-corrected chi connectivity index (χ0v) is 15.3. The first kappa shape index (κ1) is 18.0. The van der Waals surface area contributed by atoms with Gasteiger partial charge in [0.15, 0.2) is 5.60 Å². The lowest BCUT2D eigenvalue weighted by atomic mass is 9.64. The Morgan fingerprint density at radius 3 is 2.77 bits per heavy atom. The highest BCUT2D eigenvalue weighted by Gasteiger charge is 2.81. The molecule has 1 amide bonds. The van der Waals surface area contributed by atoms with Gasteiger partial charge >= 0.3 is 5.97 Å². The van der Waals surface area contributed by atoms with Gasteiger partial charge in [-0.2, -0.15) is 0 Å². The molecule has 3 fully saturated rings. The van der Waals surface area contributed by atoms with E-state index in [0.29, 0.717) is 6.42 Å². The SMILES string of the molecule is O=C1NC2([C@@H](O)C3=C4CCCCC4=CCC3)C(=O)OC2(CO)[C@H]1CCCl. The molecule has 0 aromatic rings. The predicted octanol–water partition coefficient (Wildman–Crippen LogP) is 1.34. The number of carbonyl (C=O) groups excluding carboxylic acids is 2. The van der Waals surface area contributed by atoms with Crippen molar-refractivity contribution in [3.05, 3.63) is 22.8 Å². The fourth-order valence-corrected chi connectivity index (χ4v) is 5.46. The van der Waals surface area contributed by atoms with Crippen molar-refractivity contribution in [1.29, 1.82) is 0 Å². The number of amides is 1. The number of hydrogen-bond acceptors (Lipinski definition) is 5. The summed E-state index contributed by atoms with van der Waals surface area (Å²) in [5.41, 5.74) is 0.114. The molecule has 0 radical (unpaired) electrons. The molecule has 0 bridgehead atoms.